The average molecular weight is 596 g/mol. The van der Waals surface area contributed by atoms with Crippen LogP contribution in [0.25, 0.3) is 0 Å². The van der Waals surface area contributed by atoms with Crippen LogP contribution in [0.15, 0.2) is 60.7 Å². The summed E-state index contributed by atoms with van der Waals surface area (Å²) in [5, 5.41) is 11.3. The Hall–Kier alpha value is -3.92. The number of unbranched alkanes of at least 4 members (excludes halogenated alkanes) is 4. The largest absolute Gasteiger partial charge is 0.444 e. The molecule has 10 nitrogen and oxygen atoms in total. The monoisotopic (exact) mass is 595 g/mol. The molecular formula is C33H49N5O5. The fourth-order valence-electron chi connectivity index (χ4n) is 4.42. The second-order valence-corrected chi connectivity index (χ2v) is 11.6. The highest BCUT2D eigenvalue weighted by Crippen LogP contribution is 2.10. The number of nitrogens with two attached hydrogens (primary N) is 1. The molecule has 0 aromatic heterocycles. The summed E-state index contributed by atoms with van der Waals surface area (Å²) in [5.41, 5.74) is 6.84. The molecule has 2 rings (SSSR count). The van der Waals surface area contributed by atoms with Crippen molar-refractivity contribution < 1.29 is 23.9 Å². The van der Waals surface area contributed by atoms with Crippen LogP contribution in [0.5, 0.6) is 0 Å². The molecule has 6 N–H and O–H groups in total. The van der Waals surface area contributed by atoms with Gasteiger partial charge in [-0.1, -0.05) is 79.9 Å². The highest BCUT2D eigenvalue weighted by molar-refractivity contribution is 5.92. The molecule has 2 atom stereocenters. The quantitative estimate of drug-likeness (QED) is 0.167. The smallest absolute Gasteiger partial charge is 0.407 e. The van der Waals surface area contributed by atoms with Crippen LogP contribution in [0.3, 0.4) is 0 Å². The molecule has 0 spiro atoms. The number of nitrogens with one attached hydrogen (secondary N) is 4. The maximum Gasteiger partial charge on any atom is 0.407 e. The molecule has 0 aliphatic carbocycles. The van der Waals surface area contributed by atoms with Gasteiger partial charge in [0.25, 0.3) is 0 Å². The minimum atomic E-state index is -0.839. The van der Waals surface area contributed by atoms with Gasteiger partial charge in [-0.05, 0) is 44.7 Å². The molecule has 43 heavy (non-hydrogen) atoms. The fourth-order valence-corrected chi connectivity index (χ4v) is 4.42. The predicted molar refractivity (Wildman–Crippen MR) is 168 cm³/mol. The second-order valence-electron chi connectivity index (χ2n) is 11.6. The van der Waals surface area contributed by atoms with E-state index in [2.05, 4.69) is 21.3 Å². The number of hydrogen-bond donors (Lipinski definition) is 5. The molecule has 236 valence electrons. The van der Waals surface area contributed by atoms with Crippen molar-refractivity contribution in [3.05, 3.63) is 71.8 Å². The van der Waals surface area contributed by atoms with E-state index in [1.54, 1.807) is 0 Å². The molecule has 0 aliphatic rings. The van der Waals surface area contributed by atoms with Crippen LogP contribution in [0.1, 0.15) is 70.4 Å². The van der Waals surface area contributed by atoms with Crippen molar-refractivity contribution in [3.8, 4) is 0 Å². The van der Waals surface area contributed by atoms with E-state index in [1.807, 2.05) is 81.4 Å². The highest BCUT2D eigenvalue weighted by atomic mass is 16.6. The second kappa shape index (κ2) is 19.3. The first-order valence-electron chi connectivity index (χ1n) is 15.2. The van der Waals surface area contributed by atoms with Crippen LogP contribution >= 0.6 is 0 Å². The number of benzene rings is 2. The molecule has 0 fully saturated rings. The predicted octanol–water partition coefficient (Wildman–Crippen LogP) is 3.38. The SMILES string of the molecule is CC(C)(C)OC(=O)NCCCCCCCC(=O)N[C@@H](Cc1ccccc1)C(=O)N[C@@H](Cc1ccccc1)C(=O)NCCN. The van der Waals surface area contributed by atoms with Crippen molar-refractivity contribution in [3.63, 3.8) is 0 Å². The lowest BCUT2D eigenvalue weighted by molar-refractivity contribution is -0.132. The third kappa shape index (κ3) is 15.8. The van der Waals surface area contributed by atoms with Crippen molar-refractivity contribution in [2.75, 3.05) is 19.6 Å². The number of ether oxygens (including phenoxy) is 1. The summed E-state index contributed by atoms with van der Waals surface area (Å²) in [7, 11) is 0. The van der Waals surface area contributed by atoms with Gasteiger partial charge in [0, 0.05) is 38.9 Å². The number of hydrogen-bond acceptors (Lipinski definition) is 6. The van der Waals surface area contributed by atoms with E-state index in [1.165, 1.54) is 0 Å². The first-order chi connectivity index (χ1) is 20.6. The molecule has 0 saturated carbocycles. The Morgan fingerprint density at radius 2 is 1.23 bits per heavy atom. The molecular weight excluding hydrogens is 546 g/mol. The minimum absolute atomic E-state index is 0.213. The molecule has 0 bridgehead atoms. The summed E-state index contributed by atoms with van der Waals surface area (Å²) >= 11 is 0. The third-order valence-electron chi connectivity index (χ3n) is 6.54. The van der Waals surface area contributed by atoms with Gasteiger partial charge in [0.05, 0.1) is 0 Å². The zero-order chi connectivity index (χ0) is 31.5. The van der Waals surface area contributed by atoms with Crippen molar-refractivity contribution in [2.24, 2.45) is 5.73 Å². The van der Waals surface area contributed by atoms with Crippen LogP contribution in [-0.2, 0) is 32.0 Å². The zero-order valence-corrected chi connectivity index (χ0v) is 25.8. The van der Waals surface area contributed by atoms with Crippen molar-refractivity contribution in [2.45, 2.75) is 89.8 Å². The topological polar surface area (TPSA) is 152 Å². The van der Waals surface area contributed by atoms with Crippen molar-refractivity contribution in [1.29, 1.82) is 0 Å². The Kier molecular flexibility index (Phi) is 15.8. The van der Waals surface area contributed by atoms with Crippen molar-refractivity contribution >= 4 is 23.8 Å². The lowest BCUT2D eigenvalue weighted by atomic mass is 10.0. The maximum atomic E-state index is 13.5. The zero-order valence-electron chi connectivity index (χ0n) is 25.8. The van der Waals surface area contributed by atoms with Crippen LogP contribution in [0, 0.1) is 0 Å². The standard InChI is InChI=1S/C33H49N5O5/c1-33(2,3)43-32(42)36-21-14-6-4-5-13-19-29(39)37-28(24-26-17-11-8-12-18-26)31(41)38-27(30(40)35-22-20-34)23-25-15-9-7-10-16-25/h7-12,15-18,27-28H,4-6,13-14,19-24,34H2,1-3H3,(H,35,40)(H,36,42)(H,37,39)(H,38,41)/t27-,28-/m0/s1. The lowest BCUT2D eigenvalue weighted by Gasteiger charge is -2.23. The Bertz CT molecular complexity index is 1120. The Balaban J connectivity index is 1.89. The summed E-state index contributed by atoms with van der Waals surface area (Å²) in [6.45, 7) is 6.60. The Morgan fingerprint density at radius 1 is 0.698 bits per heavy atom. The number of rotatable bonds is 18. The minimum Gasteiger partial charge on any atom is -0.444 e. The molecule has 0 aliphatic heterocycles. The maximum absolute atomic E-state index is 13.5. The molecule has 2 aromatic carbocycles. The van der Waals surface area contributed by atoms with Gasteiger partial charge < -0.3 is 31.7 Å². The van der Waals surface area contributed by atoms with E-state index in [9.17, 15) is 19.2 Å². The Labute approximate surface area is 255 Å². The fraction of sp³-hybridized carbons (Fsp3) is 0.515. The highest BCUT2D eigenvalue weighted by Gasteiger charge is 2.27. The lowest BCUT2D eigenvalue weighted by Crippen LogP contribution is -2.55. The number of carbonyl (C=O) groups is 4. The number of amides is 4. The van der Waals surface area contributed by atoms with Gasteiger partial charge in [-0.25, -0.2) is 4.79 Å². The molecule has 2 aromatic rings. The van der Waals surface area contributed by atoms with Gasteiger partial charge in [-0.2, -0.15) is 0 Å². The van der Waals surface area contributed by atoms with E-state index in [-0.39, 0.29) is 18.4 Å². The first-order valence-corrected chi connectivity index (χ1v) is 15.2. The van der Waals surface area contributed by atoms with E-state index >= 15 is 0 Å². The van der Waals surface area contributed by atoms with Crippen LogP contribution in [-0.4, -0.2) is 61.1 Å². The van der Waals surface area contributed by atoms with Gasteiger partial charge in [0.2, 0.25) is 17.7 Å². The summed E-state index contributed by atoms with van der Waals surface area (Å²) in [4.78, 5) is 51.0. The molecule has 10 heteroatoms. The Morgan fingerprint density at radius 3 is 1.79 bits per heavy atom. The van der Waals surface area contributed by atoms with Gasteiger partial charge in [-0.3, -0.25) is 14.4 Å². The van der Waals surface area contributed by atoms with Gasteiger partial charge in [0.1, 0.15) is 17.7 Å². The van der Waals surface area contributed by atoms with E-state index in [4.69, 9.17) is 10.5 Å². The number of carbonyl (C=O) groups excluding carboxylic acids is 4. The normalized spacial score (nSPS) is 12.5. The van der Waals surface area contributed by atoms with Gasteiger partial charge >= 0.3 is 6.09 Å². The molecule has 0 unspecified atom stereocenters. The van der Waals surface area contributed by atoms with Crippen LogP contribution in [0.2, 0.25) is 0 Å². The van der Waals surface area contributed by atoms with Crippen molar-refractivity contribution in [1.82, 2.24) is 21.3 Å². The molecule has 0 heterocycles. The molecule has 0 saturated heterocycles. The third-order valence-corrected chi connectivity index (χ3v) is 6.54. The van der Waals surface area contributed by atoms with E-state index in [0.717, 1.165) is 36.8 Å². The van der Waals surface area contributed by atoms with Crippen LogP contribution in [0.4, 0.5) is 4.79 Å². The first kappa shape index (κ1) is 35.3. The van der Waals surface area contributed by atoms with Gasteiger partial charge in [-0.15, -0.1) is 0 Å². The summed E-state index contributed by atoms with van der Waals surface area (Å²) in [6.07, 6.45) is 4.70. The van der Waals surface area contributed by atoms with Gasteiger partial charge in [0.15, 0.2) is 0 Å². The van der Waals surface area contributed by atoms with E-state index < -0.39 is 29.7 Å². The summed E-state index contributed by atoms with van der Waals surface area (Å²) < 4.78 is 5.22. The summed E-state index contributed by atoms with van der Waals surface area (Å²) in [6, 6.07) is 17.3. The molecule has 4 amide bonds. The summed E-state index contributed by atoms with van der Waals surface area (Å²) in [5.74, 6) is -0.956. The average Bonchev–Trinajstić information content (AvgIpc) is 2.96. The molecule has 0 radical (unpaired) electrons. The number of alkyl carbamates (subject to hydrolysis) is 1. The van der Waals surface area contributed by atoms with E-state index in [0.29, 0.717) is 38.8 Å². The van der Waals surface area contributed by atoms with Crippen LogP contribution < -0.4 is 27.0 Å².